The van der Waals surface area contributed by atoms with Crippen molar-refractivity contribution in [2.24, 2.45) is 4.99 Å². The van der Waals surface area contributed by atoms with E-state index in [1.807, 2.05) is 0 Å². The first-order valence-corrected chi connectivity index (χ1v) is 9.96. The molecule has 0 unspecified atom stereocenters. The van der Waals surface area contributed by atoms with Crippen molar-refractivity contribution in [3.63, 3.8) is 0 Å². The average molecular weight is 375 g/mol. The minimum absolute atomic E-state index is 0.127. The van der Waals surface area contributed by atoms with Gasteiger partial charge in [-0.15, -0.1) is 0 Å². The Bertz CT molecular complexity index is 914. The second kappa shape index (κ2) is 7.74. The summed E-state index contributed by atoms with van der Waals surface area (Å²) in [4.78, 5) is 16.6. The second-order valence-corrected chi connectivity index (χ2v) is 7.80. The fraction of sp³-hybridized carbons (Fsp3) is 0.333. The van der Waals surface area contributed by atoms with Crippen LogP contribution in [0.1, 0.15) is 41.8 Å². The van der Waals surface area contributed by atoms with E-state index in [4.69, 9.17) is 4.42 Å². The Hall–Kier alpha value is -2.61. The van der Waals surface area contributed by atoms with Crippen molar-refractivity contribution in [1.29, 1.82) is 0 Å². The second-order valence-electron chi connectivity index (χ2n) is 6.11. The Balaban J connectivity index is 1.69. The van der Waals surface area contributed by atoms with Gasteiger partial charge in [0.15, 0.2) is 0 Å². The Labute approximate surface area is 152 Å². The van der Waals surface area contributed by atoms with Crippen molar-refractivity contribution < 1.29 is 17.6 Å². The lowest BCUT2D eigenvalue weighted by molar-refractivity contribution is 0.102. The molecule has 8 heteroatoms. The minimum Gasteiger partial charge on any atom is -0.469 e. The van der Waals surface area contributed by atoms with E-state index in [0.717, 1.165) is 19.3 Å². The molecule has 0 saturated carbocycles. The molecule has 0 fully saturated rings. The SMILES string of the molecule is Cc1occc1C(=O)Nc1ccc(S(=O)(=O)NC2=NCCCCC2)cc1. The molecule has 138 valence electrons. The summed E-state index contributed by atoms with van der Waals surface area (Å²) in [5.74, 6) is 0.725. The van der Waals surface area contributed by atoms with Crippen LogP contribution in [0.15, 0.2) is 50.9 Å². The van der Waals surface area contributed by atoms with Crippen LogP contribution < -0.4 is 10.0 Å². The zero-order valence-electron chi connectivity index (χ0n) is 14.5. The number of amidine groups is 1. The summed E-state index contributed by atoms with van der Waals surface area (Å²) in [6.07, 6.45) is 5.05. The number of furan rings is 1. The van der Waals surface area contributed by atoms with Crippen molar-refractivity contribution in [2.75, 3.05) is 11.9 Å². The molecule has 3 rings (SSSR count). The molecular weight excluding hydrogens is 354 g/mol. The molecular formula is C18H21N3O4S. The van der Waals surface area contributed by atoms with Gasteiger partial charge in [-0.3, -0.25) is 14.5 Å². The Kier molecular flexibility index (Phi) is 5.41. The fourth-order valence-electron chi connectivity index (χ4n) is 2.71. The van der Waals surface area contributed by atoms with E-state index in [-0.39, 0.29) is 10.8 Å². The number of sulfonamides is 1. The number of hydrogen-bond acceptors (Lipinski definition) is 5. The van der Waals surface area contributed by atoms with Crippen molar-refractivity contribution in [1.82, 2.24) is 4.72 Å². The van der Waals surface area contributed by atoms with E-state index in [9.17, 15) is 13.2 Å². The third kappa shape index (κ3) is 4.32. The van der Waals surface area contributed by atoms with Crippen LogP contribution in [0.2, 0.25) is 0 Å². The lowest BCUT2D eigenvalue weighted by Gasteiger charge is -2.10. The number of anilines is 1. The molecule has 2 aromatic rings. The highest BCUT2D eigenvalue weighted by atomic mass is 32.2. The monoisotopic (exact) mass is 375 g/mol. The maximum absolute atomic E-state index is 12.5. The Morgan fingerprint density at radius 2 is 1.88 bits per heavy atom. The van der Waals surface area contributed by atoms with Crippen LogP contribution >= 0.6 is 0 Å². The number of amides is 1. The molecule has 26 heavy (non-hydrogen) atoms. The zero-order chi connectivity index (χ0) is 18.6. The first kappa shape index (κ1) is 18.2. The molecule has 1 aliphatic heterocycles. The predicted octanol–water partition coefficient (Wildman–Crippen LogP) is 3.09. The zero-order valence-corrected chi connectivity index (χ0v) is 15.3. The van der Waals surface area contributed by atoms with E-state index in [1.54, 1.807) is 25.1 Å². The van der Waals surface area contributed by atoms with Gasteiger partial charge in [-0.25, -0.2) is 8.42 Å². The van der Waals surface area contributed by atoms with Gasteiger partial charge in [0.1, 0.15) is 11.6 Å². The number of aliphatic imine (C=N–C) groups is 1. The van der Waals surface area contributed by atoms with Crippen molar-refractivity contribution in [3.8, 4) is 0 Å². The third-order valence-corrected chi connectivity index (χ3v) is 5.55. The third-order valence-electron chi connectivity index (χ3n) is 4.15. The van der Waals surface area contributed by atoms with Crippen LogP contribution in [0.25, 0.3) is 0 Å². The summed E-state index contributed by atoms with van der Waals surface area (Å²) < 4.78 is 32.6. The topological polar surface area (TPSA) is 101 Å². The quantitative estimate of drug-likeness (QED) is 0.857. The molecule has 7 nitrogen and oxygen atoms in total. The maximum Gasteiger partial charge on any atom is 0.262 e. The molecule has 0 spiro atoms. The molecule has 0 aliphatic carbocycles. The highest BCUT2D eigenvalue weighted by molar-refractivity contribution is 7.90. The van der Waals surface area contributed by atoms with E-state index in [1.165, 1.54) is 18.4 Å². The van der Waals surface area contributed by atoms with Crippen LogP contribution in [0.4, 0.5) is 5.69 Å². The number of benzene rings is 1. The van der Waals surface area contributed by atoms with E-state index in [0.29, 0.717) is 35.8 Å². The van der Waals surface area contributed by atoms with Crippen molar-refractivity contribution >= 4 is 27.5 Å². The van der Waals surface area contributed by atoms with Gasteiger partial charge in [-0.05, 0) is 50.1 Å². The average Bonchev–Trinajstić information content (AvgIpc) is 2.88. The van der Waals surface area contributed by atoms with E-state index < -0.39 is 10.0 Å². The molecule has 2 heterocycles. The summed E-state index contributed by atoms with van der Waals surface area (Å²) in [7, 11) is -3.68. The van der Waals surface area contributed by atoms with Gasteiger partial charge < -0.3 is 9.73 Å². The van der Waals surface area contributed by atoms with Crippen LogP contribution in [0, 0.1) is 6.92 Å². The van der Waals surface area contributed by atoms with E-state index in [2.05, 4.69) is 15.0 Å². The van der Waals surface area contributed by atoms with Gasteiger partial charge in [-0.2, -0.15) is 0 Å². The smallest absolute Gasteiger partial charge is 0.262 e. The standard InChI is InChI=1S/C18H21N3O4S/c1-13-16(10-12-25-13)18(22)20-14-6-8-15(9-7-14)26(23,24)21-17-5-3-2-4-11-19-17/h6-10,12H,2-5,11H2,1H3,(H,19,21)(H,20,22). The molecule has 1 aromatic heterocycles. The molecule has 2 N–H and O–H groups in total. The number of rotatable bonds is 4. The highest BCUT2D eigenvalue weighted by Gasteiger charge is 2.18. The van der Waals surface area contributed by atoms with Crippen LogP contribution in [-0.2, 0) is 10.0 Å². The van der Waals surface area contributed by atoms with Crippen molar-refractivity contribution in [3.05, 3.63) is 47.9 Å². The first-order valence-electron chi connectivity index (χ1n) is 8.47. The minimum atomic E-state index is -3.68. The van der Waals surface area contributed by atoms with Gasteiger partial charge in [0.25, 0.3) is 15.9 Å². The molecule has 1 aliphatic rings. The van der Waals surface area contributed by atoms with Gasteiger partial charge in [-0.1, -0.05) is 6.42 Å². The predicted molar refractivity (Wildman–Crippen MR) is 98.9 cm³/mol. The molecule has 1 amide bonds. The maximum atomic E-state index is 12.5. The van der Waals surface area contributed by atoms with Crippen LogP contribution in [0.5, 0.6) is 0 Å². The molecule has 1 aromatic carbocycles. The summed E-state index contributed by atoms with van der Waals surface area (Å²) in [6.45, 7) is 2.35. The number of carbonyl (C=O) groups is 1. The van der Waals surface area contributed by atoms with Crippen LogP contribution in [-0.4, -0.2) is 26.7 Å². The van der Waals surface area contributed by atoms with Crippen LogP contribution in [0.3, 0.4) is 0 Å². The number of nitrogens with zero attached hydrogens (tertiary/aromatic N) is 1. The van der Waals surface area contributed by atoms with E-state index >= 15 is 0 Å². The molecule has 0 saturated heterocycles. The largest absolute Gasteiger partial charge is 0.469 e. The van der Waals surface area contributed by atoms with Gasteiger partial charge >= 0.3 is 0 Å². The summed E-state index contributed by atoms with van der Waals surface area (Å²) in [5, 5.41) is 2.72. The number of aryl methyl sites for hydroxylation is 1. The summed E-state index contributed by atoms with van der Waals surface area (Å²) >= 11 is 0. The normalized spacial score (nSPS) is 15.0. The number of carbonyl (C=O) groups excluding carboxylic acids is 1. The molecule has 0 radical (unpaired) electrons. The number of nitrogens with one attached hydrogen (secondary N) is 2. The summed E-state index contributed by atoms with van der Waals surface area (Å²) in [5.41, 5.74) is 0.941. The number of hydrogen-bond donors (Lipinski definition) is 2. The first-order chi connectivity index (χ1) is 12.5. The fourth-order valence-corrected chi connectivity index (χ4v) is 3.80. The summed E-state index contributed by atoms with van der Waals surface area (Å²) in [6, 6.07) is 7.60. The van der Waals surface area contributed by atoms with Crippen molar-refractivity contribution in [2.45, 2.75) is 37.5 Å². The lowest BCUT2D eigenvalue weighted by Crippen LogP contribution is -2.30. The molecule has 0 bridgehead atoms. The Morgan fingerprint density at radius 1 is 1.12 bits per heavy atom. The Morgan fingerprint density at radius 3 is 2.58 bits per heavy atom. The van der Waals surface area contributed by atoms with Gasteiger partial charge in [0.2, 0.25) is 0 Å². The molecule has 0 atom stereocenters. The highest BCUT2D eigenvalue weighted by Crippen LogP contribution is 2.17. The lowest BCUT2D eigenvalue weighted by atomic mass is 10.2. The van der Waals surface area contributed by atoms with Gasteiger partial charge in [0.05, 0.1) is 16.7 Å². The van der Waals surface area contributed by atoms with Gasteiger partial charge in [0, 0.05) is 18.7 Å².